The van der Waals surface area contributed by atoms with Crippen LogP contribution in [0.15, 0.2) is 18.2 Å². The van der Waals surface area contributed by atoms with Crippen LogP contribution in [0.4, 0.5) is 4.39 Å². The van der Waals surface area contributed by atoms with Crippen molar-refractivity contribution < 1.29 is 4.39 Å². The normalized spacial score (nSPS) is 19.2. The molecule has 0 radical (unpaired) electrons. The van der Waals surface area contributed by atoms with Gasteiger partial charge in [-0.2, -0.15) is 0 Å². The molecule has 3 heteroatoms. The number of benzene rings is 1. The van der Waals surface area contributed by atoms with Crippen molar-refractivity contribution in [3.63, 3.8) is 0 Å². The van der Waals surface area contributed by atoms with Crippen molar-refractivity contribution in [2.24, 2.45) is 11.1 Å². The molecule has 2 rings (SSSR count). The number of rotatable bonds is 3. The molecule has 1 aliphatic carbocycles. The van der Waals surface area contributed by atoms with Crippen LogP contribution >= 0.6 is 11.6 Å². The van der Waals surface area contributed by atoms with Gasteiger partial charge in [-0.25, -0.2) is 4.39 Å². The zero-order valence-electron chi connectivity index (χ0n) is 10.0. The Hall–Kier alpha value is -0.600. The molecule has 0 spiro atoms. The molecule has 0 aliphatic heterocycles. The summed E-state index contributed by atoms with van der Waals surface area (Å²) in [7, 11) is 0. The number of hydrogen-bond donors (Lipinski definition) is 1. The molecule has 1 nitrogen and oxygen atoms in total. The van der Waals surface area contributed by atoms with Gasteiger partial charge in [0, 0.05) is 5.02 Å². The molecule has 1 aliphatic rings. The lowest BCUT2D eigenvalue weighted by atomic mass is 9.70. The highest BCUT2D eigenvalue weighted by molar-refractivity contribution is 6.30. The van der Waals surface area contributed by atoms with Crippen LogP contribution in [0, 0.1) is 11.2 Å². The van der Waals surface area contributed by atoms with Gasteiger partial charge in [-0.15, -0.1) is 0 Å². The molecule has 1 fully saturated rings. The molecule has 1 aromatic carbocycles. The van der Waals surface area contributed by atoms with Crippen molar-refractivity contribution in [2.75, 3.05) is 6.54 Å². The first-order valence-corrected chi connectivity index (χ1v) is 6.67. The van der Waals surface area contributed by atoms with Crippen LogP contribution in [-0.2, 0) is 6.42 Å². The van der Waals surface area contributed by atoms with Crippen LogP contribution in [0.25, 0.3) is 0 Å². The summed E-state index contributed by atoms with van der Waals surface area (Å²) in [4.78, 5) is 0. The maximum Gasteiger partial charge on any atom is 0.127 e. The van der Waals surface area contributed by atoms with Crippen molar-refractivity contribution in [1.82, 2.24) is 0 Å². The molecule has 17 heavy (non-hydrogen) atoms. The predicted molar refractivity (Wildman–Crippen MR) is 69.7 cm³/mol. The minimum absolute atomic E-state index is 0.104. The summed E-state index contributed by atoms with van der Waals surface area (Å²) in [5, 5.41) is 0.455. The SMILES string of the molecule is NCC1(Cc2ccc(Cl)cc2F)CCCCC1. The van der Waals surface area contributed by atoms with E-state index in [1.165, 1.54) is 25.3 Å². The molecule has 0 atom stereocenters. The second-order valence-electron chi connectivity index (χ2n) is 5.18. The van der Waals surface area contributed by atoms with Crippen LogP contribution in [0.2, 0.25) is 5.02 Å². The van der Waals surface area contributed by atoms with Crippen LogP contribution in [0.5, 0.6) is 0 Å². The molecule has 0 amide bonds. The van der Waals surface area contributed by atoms with Crippen molar-refractivity contribution in [2.45, 2.75) is 38.5 Å². The largest absolute Gasteiger partial charge is 0.330 e. The van der Waals surface area contributed by atoms with E-state index in [0.717, 1.165) is 24.8 Å². The molecule has 0 bridgehead atoms. The first kappa shape index (κ1) is 12.8. The second kappa shape index (κ2) is 5.36. The minimum atomic E-state index is -0.198. The number of hydrogen-bond acceptors (Lipinski definition) is 1. The highest BCUT2D eigenvalue weighted by Crippen LogP contribution is 2.38. The first-order valence-electron chi connectivity index (χ1n) is 6.29. The van der Waals surface area contributed by atoms with Gasteiger partial charge >= 0.3 is 0 Å². The van der Waals surface area contributed by atoms with Crippen molar-refractivity contribution in [1.29, 1.82) is 0 Å². The van der Waals surface area contributed by atoms with Crippen LogP contribution in [-0.4, -0.2) is 6.54 Å². The van der Waals surface area contributed by atoms with Crippen LogP contribution < -0.4 is 5.73 Å². The summed E-state index contributed by atoms with van der Waals surface area (Å²) >= 11 is 5.76. The molecule has 2 N–H and O–H groups in total. The fraction of sp³-hybridized carbons (Fsp3) is 0.571. The van der Waals surface area contributed by atoms with Crippen LogP contribution in [0.3, 0.4) is 0 Å². The quantitative estimate of drug-likeness (QED) is 0.870. The zero-order chi connectivity index (χ0) is 12.3. The molecule has 1 saturated carbocycles. The van der Waals surface area contributed by atoms with Crippen molar-refractivity contribution in [3.05, 3.63) is 34.6 Å². The molecule has 0 aromatic heterocycles. The van der Waals surface area contributed by atoms with Crippen molar-refractivity contribution in [3.8, 4) is 0 Å². The second-order valence-corrected chi connectivity index (χ2v) is 5.61. The van der Waals surface area contributed by atoms with Gasteiger partial charge < -0.3 is 5.73 Å². The average Bonchev–Trinajstić information content (AvgIpc) is 2.34. The highest BCUT2D eigenvalue weighted by Gasteiger charge is 2.31. The van der Waals surface area contributed by atoms with E-state index in [4.69, 9.17) is 17.3 Å². The van der Waals surface area contributed by atoms with Crippen LogP contribution in [0.1, 0.15) is 37.7 Å². The number of halogens is 2. The van der Waals surface area contributed by atoms with Crippen molar-refractivity contribution >= 4 is 11.6 Å². The first-order chi connectivity index (χ1) is 8.15. The lowest BCUT2D eigenvalue weighted by molar-refractivity contribution is 0.195. The maximum absolute atomic E-state index is 13.8. The monoisotopic (exact) mass is 255 g/mol. The Bertz CT molecular complexity index is 386. The summed E-state index contributed by atoms with van der Waals surface area (Å²) in [5.41, 5.74) is 6.77. The maximum atomic E-state index is 13.8. The molecule has 0 unspecified atom stereocenters. The lowest BCUT2D eigenvalue weighted by Gasteiger charge is -2.36. The lowest BCUT2D eigenvalue weighted by Crippen LogP contribution is -2.35. The fourth-order valence-electron chi connectivity index (χ4n) is 2.82. The van der Waals surface area contributed by atoms with Gasteiger partial charge in [0.1, 0.15) is 5.82 Å². The Kier molecular flexibility index (Phi) is 4.05. The molecule has 94 valence electrons. The Balaban J connectivity index is 2.17. The summed E-state index contributed by atoms with van der Waals surface area (Å²) in [6.45, 7) is 0.648. The topological polar surface area (TPSA) is 26.0 Å². The average molecular weight is 256 g/mol. The van der Waals surface area contributed by atoms with E-state index in [-0.39, 0.29) is 11.2 Å². The smallest absolute Gasteiger partial charge is 0.127 e. The van der Waals surface area contributed by atoms with E-state index >= 15 is 0 Å². The van der Waals surface area contributed by atoms with Gasteiger partial charge in [0.2, 0.25) is 0 Å². The van der Waals surface area contributed by atoms with E-state index in [0.29, 0.717) is 11.6 Å². The molecule has 0 heterocycles. The van der Waals surface area contributed by atoms with E-state index in [2.05, 4.69) is 0 Å². The van der Waals surface area contributed by atoms with Gasteiger partial charge in [-0.05, 0) is 48.9 Å². The van der Waals surface area contributed by atoms with Gasteiger partial charge in [0.25, 0.3) is 0 Å². The Labute approximate surface area is 107 Å². The van der Waals surface area contributed by atoms with E-state index in [1.807, 2.05) is 0 Å². The Morgan fingerprint density at radius 2 is 1.94 bits per heavy atom. The Morgan fingerprint density at radius 1 is 1.24 bits per heavy atom. The van der Waals surface area contributed by atoms with E-state index in [9.17, 15) is 4.39 Å². The summed E-state index contributed by atoms with van der Waals surface area (Å²) < 4.78 is 13.8. The summed E-state index contributed by atoms with van der Waals surface area (Å²) in [6.07, 6.45) is 6.69. The Morgan fingerprint density at radius 3 is 2.53 bits per heavy atom. The van der Waals surface area contributed by atoms with E-state index in [1.54, 1.807) is 12.1 Å². The van der Waals surface area contributed by atoms with Gasteiger partial charge in [-0.3, -0.25) is 0 Å². The summed E-state index contributed by atoms with van der Waals surface area (Å²) in [6, 6.07) is 4.95. The fourth-order valence-corrected chi connectivity index (χ4v) is 2.98. The minimum Gasteiger partial charge on any atom is -0.330 e. The molecular formula is C14H19ClFN. The van der Waals surface area contributed by atoms with Gasteiger partial charge in [0.05, 0.1) is 0 Å². The third kappa shape index (κ3) is 2.99. The van der Waals surface area contributed by atoms with E-state index < -0.39 is 0 Å². The number of nitrogens with two attached hydrogens (primary N) is 1. The third-order valence-electron chi connectivity index (χ3n) is 3.93. The third-order valence-corrected chi connectivity index (χ3v) is 4.16. The predicted octanol–water partition coefficient (Wildman–Crippen LogP) is 3.93. The molecule has 1 aromatic rings. The zero-order valence-corrected chi connectivity index (χ0v) is 10.8. The molecule has 0 saturated heterocycles. The van der Waals surface area contributed by atoms with Gasteiger partial charge in [-0.1, -0.05) is 36.9 Å². The summed E-state index contributed by atoms with van der Waals surface area (Å²) in [5.74, 6) is -0.198. The molecular weight excluding hydrogens is 237 g/mol. The van der Waals surface area contributed by atoms with Gasteiger partial charge in [0.15, 0.2) is 0 Å². The standard InChI is InChI=1S/C14H19ClFN/c15-12-5-4-11(13(16)8-12)9-14(10-17)6-2-1-3-7-14/h4-5,8H,1-3,6-7,9-10,17H2. The highest BCUT2D eigenvalue weighted by atomic mass is 35.5.